The van der Waals surface area contributed by atoms with Crippen LogP contribution in [0.5, 0.6) is 0 Å². The van der Waals surface area contributed by atoms with E-state index in [1.54, 1.807) is 0 Å². The molecule has 5 nitrogen and oxygen atoms in total. The lowest BCUT2D eigenvalue weighted by molar-refractivity contribution is 0.176. The van der Waals surface area contributed by atoms with Crippen LogP contribution >= 0.6 is 0 Å². The zero-order valence-corrected chi connectivity index (χ0v) is 9.36. The molecule has 0 spiro atoms. The average molecular weight is 210 g/mol. The third kappa shape index (κ3) is 2.35. The smallest absolute Gasteiger partial charge is 0.226 e. The van der Waals surface area contributed by atoms with Crippen LogP contribution in [0.2, 0.25) is 0 Å². The summed E-state index contributed by atoms with van der Waals surface area (Å²) in [5.41, 5.74) is 0. The van der Waals surface area contributed by atoms with Crippen LogP contribution in [0.1, 0.15) is 31.6 Å². The first-order chi connectivity index (χ1) is 7.31. The Hall–Kier alpha value is -0.940. The molecule has 5 heteroatoms. The van der Waals surface area contributed by atoms with E-state index >= 15 is 0 Å². The van der Waals surface area contributed by atoms with Crippen molar-refractivity contribution in [3.63, 3.8) is 0 Å². The van der Waals surface area contributed by atoms with Crippen LogP contribution in [-0.2, 0) is 6.42 Å². The number of aromatic nitrogens is 2. The summed E-state index contributed by atoms with van der Waals surface area (Å²) in [6.45, 7) is 8.35. The van der Waals surface area contributed by atoms with Gasteiger partial charge in [-0.05, 0) is 6.92 Å². The highest BCUT2D eigenvalue weighted by Gasteiger charge is 2.21. The van der Waals surface area contributed by atoms with Crippen molar-refractivity contribution in [2.75, 3.05) is 26.2 Å². The van der Waals surface area contributed by atoms with Gasteiger partial charge in [0, 0.05) is 32.6 Å². The molecule has 2 rings (SSSR count). The van der Waals surface area contributed by atoms with E-state index in [1.807, 2.05) is 6.92 Å². The van der Waals surface area contributed by atoms with Crippen LogP contribution in [0.3, 0.4) is 0 Å². The Morgan fingerprint density at radius 3 is 2.80 bits per heavy atom. The van der Waals surface area contributed by atoms with Crippen LogP contribution in [-0.4, -0.2) is 41.2 Å². The molecule has 84 valence electrons. The summed E-state index contributed by atoms with van der Waals surface area (Å²) in [6.07, 6.45) is 0.807. The number of hydrogen-bond acceptors (Lipinski definition) is 5. The maximum atomic E-state index is 5.12. The second kappa shape index (κ2) is 4.72. The summed E-state index contributed by atoms with van der Waals surface area (Å²) in [6, 6.07) is 0.260. The van der Waals surface area contributed by atoms with Crippen molar-refractivity contribution in [1.29, 1.82) is 0 Å². The van der Waals surface area contributed by atoms with E-state index in [2.05, 4.69) is 27.3 Å². The summed E-state index contributed by atoms with van der Waals surface area (Å²) >= 11 is 0. The van der Waals surface area contributed by atoms with E-state index < -0.39 is 0 Å². The van der Waals surface area contributed by atoms with Gasteiger partial charge in [0.15, 0.2) is 5.82 Å². The van der Waals surface area contributed by atoms with Crippen molar-refractivity contribution in [1.82, 2.24) is 20.4 Å². The molecule has 2 heterocycles. The Bertz CT molecular complexity index is 306. The first kappa shape index (κ1) is 10.6. The number of hydrogen-bond donors (Lipinski definition) is 1. The summed E-state index contributed by atoms with van der Waals surface area (Å²) in [4.78, 5) is 6.74. The van der Waals surface area contributed by atoms with Gasteiger partial charge in [0.1, 0.15) is 0 Å². The molecule has 0 radical (unpaired) electrons. The fourth-order valence-corrected chi connectivity index (χ4v) is 1.81. The van der Waals surface area contributed by atoms with E-state index in [4.69, 9.17) is 4.52 Å². The monoisotopic (exact) mass is 210 g/mol. The predicted octanol–water partition coefficient (Wildman–Crippen LogP) is 0.598. The molecule has 0 aromatic carbocycles. The molecule has 15 heavy (non-hydrogen) atoms. The number of nitrogens with one attached hydrogen (secondary N) is 1. The lowest BCUT2D eigenvalue weighted by atomic mass is 10.2. The van der Waals surface area contributed by atoms with E-state index in [0.717, 1.165) is 44.3 Å². The molecule has 1 aromatic heterocycles. The molecule has 0 saturated carbocycles. The highest BCUT2D eigenvalue weighted by atomic mass is 16.5. The van der Waals surface area contributed by atoms with Crippen molar-refractivity contribution in [3.8, 4) is 0 Å². The predicted molar refractivity (Wildman–Crippen MR) is 56.5 cm³/mol. The summed E-state index contributed by atoms with van der Waals surface area (Å²) in [5, 5.41) is 7.35. The van der Waals surface area contributed by atoms with Crippen LogP contribution in [0.15, 0.2) is 4.52 Å². The molecule has 1 unspecified atom stereocenters. The van der Waals surface area contributed by atoms with E-state index in [1.165, 1.54) is 0 Å². The molecule has 1 aliphatic heterocycles. The largest absolute Gasteiger partial charge is 0.339 e. The molecular formula is C10H18N4O. The van der Waals surface area contributed by atoms with Gasteiger partial charge < -0.3 is 9.84 Å². The third-order valence-corrected chi connectivity index (χ3v) is 2.86. The lowest BCUT2D eigenvalue weighted by Gasteiger charge is -2.30. The topological polar surface area (TPSA) is 54.2 Å². The molecule has 1 saturated heterocycles. The highest BCUT2D eigenvalue weighted by molar-refractivity contribution is 4.94. The van der Waals surface area contributed by atoms with Crippen molar-refractivity contribution < 1.29 is 4.52 Å². The zero-order chi connectivity index (χ0) is 10.7. The maximum Gasteiger partial charge on any atom is 0.226 e. The summed E-state index contributed by atoms with van der Waals surface area (Å²) in [7, 11) is 0. The zero-order valence-electron chi connectivity index (χ0n) is 9.36. The Labute approximate surface area is 89.8 Å². The van der Waals surface area contributed by atoms with Crippen molar-refractivity contribution >= 4 is 0 Å². The number of aryl methyl sites for hydroxylation is 1. The lowest BCUT2D eigenvalue weighted by Crippen LogP contribution is -2.44. The third-order valence-electron chi connectivity index (χ3n) is 2.86. The SMILES string of the molecule is CCc1nc(C(C)N2CCNCC2)no1. The van der Waals surface area contributed by atoms with Gasteiger partial charge in [-0.15, -0.1) is 0 Å². The van der Waals surface area contributed by atoms with E-state index in [-0.39, 0.29) is 6.04 Å². The minimum Gasteiger partial charge on any atom is -0.339 e. The Morgan fingerprint density at radius 1 is 1.47 bits per heavy atom. The standard InChI is InChI=1S/C10H18N4O/c1-3-9-12-10(13-15-9)8(2)14-6-4-11-5-7-14/h8,11H,3-7H2,1-2H3. The van der Waals surface area contributed by atoms with Crippen molar-refractivity contribution in [2.24, 2.45) is 0 Å². The second-order valence-electron chi connectivity index (χ2n) is 3.86. The van der Waals surface area contributed by atoms with Crippen LogP contribution in [0, 0.1) is 0 Å². The molecule has 0 amide bonds. The van der Waals surface area contributed by atoms with E-state index in [9.17, 15) is 0 Å². The molecule has 0 bridgehead atoms. The van der Waals surface area contributed by atoms with Gasteiger partial charge in [-0.1, -0.05) is 12.1 Å². The van der Waals surface area contributed by atoms with Gasteiger partial charge in [-0.3, -0.25) is 4.90 Å². The average Bonchev–Trinajstić information content (AvgIpc) is 2.78. The van der Waals surface area contributed by atoms with Gasteiger partial charge in [0.05, 0.1) is 6.04 Å². The Balaban J connectivity index is 2.02. The second-order valence-corrected chi connectivity index (χ2v) is 3.86. The molecule has 1 N–H and O–H groups in total. The summed E-state index contributed by atoms with van der Waals surface area (Å²) in [5.74, 6) is 1.54. The Morgan fingerprint density at radius 2 is 2.20 bits per heavy atom. The fraction of sp³-hybridized carbons (Fsp3) is 0.800. The minimum atomic E-state index is 0.260. The van der Waals surface area contributed by atoms with E-state index in [0.29, 0.717) is 0 Å². The number of rotatable bonds is 3. The minimum absolute atomic E-state index is 0.260. The maximum absolute atomic E-state index is 5.12. The van der Waals surface area contributed by atoms with Crippen molar-refractivity contribution in [3.05, 3.63) is 11.7 Å². The molecular weight excluding hydrogens is 192 g/mol. The van der Waals surface area contributed by atoms with Crippen molar-refractivity contribution in [2.45, 2.75) is 26.3 Å². The van der Waals surface area contributed by atoms with Gasteiger partial charge in [0.25, 0.3) is 0 Å². The molecule has 1 fully saturated rings. The summed E-state index contributed by atoms with van der Waals surface area (Å²) < 4.78 is 5.12. The first-order valence-corrected chi connectivity index (χ1v) is 5.58. The Kier molecular flexibility index (Phi) is 3.33. The van der Waals surface area contributed by atoms with Gasteiger partial charge >= 0.3 is 0 Å². The molecule has 1 aromatic rings. The fourth-order valence-electron chi connectivity index (χ4n) is 1.81. The number of nitrogens with zero attached hydrogens (tertiary/aromatic N) is 3. The van der Waals surface area contributed by atoms with Gasteiger partial charge in [0.2, 0.25) is 5.89 Å². The number of piperazine rings is 1. The quantitative estimate of drug-likeness (QED) is 0.791. The molecule has 0 aliphatic carbocycles. The van der Waals surface area contributed by atoms with Crippen LogP contribution in [0.25, 0.3) is 0 Å². The molecule has 1 atom stereocenters. The van der Waals surface area contributed by atoms with Gasteiger partial charge in [-0.2, -0.15) is 4.98 Å². The first-order valence-electron chi connectivity index (χ1n) is 5.58. The molecule has 1 aliphatic rings. The van der Waals surface area contributed by atoms with Gasteiger partial charge in [-0.25, -0.2) is 0 Å². The normalized spacial score (nSPS) is 20.4. The van der Waals surface area contributed by atoms with Crippen LogP contribution in [0.4, 0.5) is 0 Å². The van der Waals surface area contributed by atoms with Crippen LogP contribution < -0.4 is 5.32 Å². The highest BCUT2D eigenvalue weighted by Crippen LogP contribution is 2.17.